The highest BCUT2D eigenvalue weighted by Crippen LogP contribution is 2.30. The number of anilines is 2. The quantitative estimate of drug-likeness (QED) is 0.506. The van der Waals surface area contributed by atoms with Gasteiger partial charge in [0.15, 0.2) is 5.82 Å². The van der Waals surface area contributed by atoms with Gasteiger partial charge in [-0.15, -0.1) is 12.4 Å². The van der Waals surface area contributed by atoms with Gasteiger partial charge >= 0.3 is 0 Å². The molecule has 4 rings (SSSR count). The molecule has 1 amide bonds. The van der Waals surface area contributed by atoms with Gasteiger partial charge in [-0.25, -0.2) is 4.98 Å². The van der Waals surface area contributed by atoms with Gasteiger partial charge in [0.1, 0.15) is 0 Å². The van der Waals surface area contributed by atoms with E-state index in [4.69, 9.17) is 4.74 Å². The fourth-order valence-electron chi connectivity index (χ4n) is 3.88. The standard InChI is InChI=1S/C22H25BrN4O2.ClH/c1-14-11-24-20-19(14)18(22(28)27(2)13-15-6-8-29-9-7-15)12-25-21(20)26-17-5-3-4-16(23)10-17;/h3-5,10-12,15,24H,6-9,13H2,1-2H3,(H,25,26);1H. The fraction of sp³-hybridized carbons (Fsp3) is 0.364. The summed E-state index contributed by atoms with van der Waals surface area (Å²) in [5.74, 6) is 1.20. The van der Waals surface area contributed by atoms with Crippen molar-refractivity contribution in [3.8, 4) is 0 Å². The highest BCUT2D eigenvalue weighted by Gasteiger charge is 2.23. The molecular formula is C22H26BrClN4O2. The third-order valence-electron chi connectivity index (χ3n) is 5.44. The molecule has 2 aromatic heterocycles. The third-order valence-corrected chi connectivity index (χ3v) is 5.94. The molecule has 160 valence electrons. The SMILES string of the molecule is Cc1c[nH]c2c(Nc3cccc(Br)c3)ncc(C(=O)N(C)CC3CCOCC3)c12.Cl. The number of pyridine rings is 1. The van der Waals surface area contributed by atoms with Gasteiger partial charge in [0.05, 0.1) is 11.1 Å². The number of carbonyl (C=O) groups is 1. The number of H-pyrrole nitrogens is 1. The van der Waals surface area contributed by atoms with E-state index in [1.807, 2.05) is 49.3 Å². The number of aryl methyl sites for hydroxylation is 1. The van der Waals surface area contributed by atoms with Crippen molar-refractivity contribution in [2.24, 2.45) is 5.92 Å². The van der Waals surface area contributed by atoms with Crippen LogP contribution >= 0.6 is 28.3 Å². The highest BCUT2D eigenvalue weighted by atomic mass is 79.9. The predicted molar refractivity (Wildman–Crippen MR) is 126 cm³/mol. The average Bonchev–Trinajstić information content (AvgIpc) is 3.11. The molecule has 0 aliphatic carbocycles. The van der Waals surface area contributed by atoms with Gasteiger partial charge in [-0.2, -0.15) is 0 Å². The maximum Gasteiger partial charge on any atom is 0.255 e. The van der Waals surface area contributed by atoms with E-state index in [9.17, 15) is 4.79 Å². The second kappa shape index (κ2) is 9.81. The number of nitrogens with one attached hydrogen (secondary N) is 2. The average molecular weight is 494 g/mol. The molecule has 1 aliphatic rings. The van der Waals surface area contributed by atoms with Crippen LogP contribution in [0.25, 0.3) is 10.9 Å². The van der Waals surface area contributed by atoms with Crippen LogP contribution in [0.1, 0.15) is 28.8 Å². The van der Waals surface area contributed by atoms with Crippen LogP contribution in [0.15, 0.2) is 41.1 Å². The largest absolute Gasteiger partial charge is 0.381 e. The minimum Gasteiger partial charge on any atom is -0.381 e. The molecule has 0 unspecified atom stereocenters. The smallest absolute Gasteiger partial charge is 0.255 e. The zero-order valence-electron chi connectivity index (χ0n) is 17.1. The molecule has 0 saturated carbocycles. The molecule has 6 nitrogen and oxygen atoms in total. The number of carbonyl (C=O) groups excluding carboxylic acids is 1. The van der Waals surface area contributed by atoms with Crippen molar-refractivity contribution in [1.29, 1.82) is 0 Å². The summed E-state index contributed by atoms with van der Waals surface area (Å²) in [5.41, 5.74) is 3.43. The zero-order valence-corrected chi connectivity index (χ0v) is 19.5. The van der Waals surface area contributed by atoms with Gasteiger partial charge < -0.3 is 19.9 Å². The van der Waals surface area contributed by atoms with Crippen LogP contribution < -0.4 is 5.32 Å². The first-order valence-electron chi connectivity index (χ1n) is 9.85. The van der Waals surface area contributed by atoms with Crippen molar-refractivity contribution >= 4 is 56.7 Å². The first-order valence-corrected chi connectivity index (χ1v) is 10.6. The van der Waals surface area contributed by atoms with E-state index < -0.39 is 0 Å². The van der Waals surface area contributed by atoms with Crippen LogP contribution in [0.5, 0.6) is 0 Å². The van der Waals surface area contributed by atoms with Crippen molar-refractivity contribution in [2.45, 2.75) is 19.8 Å². The van der Waals surface area contributed by atoms with E-state index in [1.54, 1.807) is 6.20 Å². The Morgan fingerprint density at radius 3 is 2.87 bits per heavy atom. The summed E-state index contributed by atoms with van der Waals surface area (Å²) in [6.45, 7) is 4.32. The molecule has 0 radical (unpaired) electrons. The Balaban J connectivity index is 0.00000256. The van der Waals surface area contributed by atoms with Crippen molar-refractivity contribution in [2.75, 3.05) is 32.1 Å². The normalized spacial score (nSPS) is 14.4. The first kappa shape index (κ1) is 22.6. The van der Waals surface area contributed by atoms with E-state index >= 15 is 0 Å². The Hall–Kier alpha value is -2.09. The lowest BCUT2D eigenvalue weighted by Crippen LogP contribution is -2.34. The second-order valence-corrected chi connectivity index (χ2v) is 8.53. The molecule has 8 heteroatoms. The molecule has 3 aromatic rings. The molecule has 1 aliphatic heterocycles. The van der Waals surface area contributed by atoms with Crippen LogP contribution in [0.2, 0.25) is 0 Å². The number of amides is 1. The minimum atomic E-state index is 0. The summed E-state index contributed by atoms with van der Waals surface area (Å²) in [6.07, 6.45) is 5.62. The van der Waals surface area contributed by atoms with Gasteiger partial charge in [-0.1, -0.05) is 22.0 Å². The third kappa shape index (κ3) is 4.79. The number of rotatable bonds is 5. The predicted octanol–water partition coefficient (Wildman–Crippen LogP) is 5.30. The van der Waals surface area contributed by atoms with E-state index in [0.29, 0.717) is 17.3 Å². The van der Waals surface area contributed by atoms with Gasteiger partial charge in [0.2, 0.25) is 0 Å². The molecular weight excluding hydrogens is 468 g/mol. The Morgan fingerprint density at radius 1 is 1.37 bits per heavy atom. The lowest BCUT2D eigenvalue weighted by molar-refractivity contribution is 0.0498. The number of hydrogen-bond acceptors (Lipinski definition) is 4. The zero-order chi connectivity index (χ0) is 20.4. The number of hydrogen-bond donors (Lipinski definition) is 2. The number of nitrogens with zero attached hydrogens (tertiary/aromatic N) is 2. The van der Waals surface area contributed by atoms with E-state index in [2.05, 4.69) is 31.2 Å². The summed E-state index contributed by atoms with van der Waals surface area (Å²) < 4.78 is 6.42. The number of halogens is 2. The Labute approximate surface area is 190 Å². The summed E-state index contributed by atoms with van der Waals surface area (Å²) in [7, 11) is 1.87. The van der Waals surface area contributed by atoms with Crippen LogP contribution in [0, 0.1) is 12.8 Å². The molecule has 3 heterocycles. The molecule has 1 aromatic carbocycles. The van der Waals surface area contributed by atoms with Gasteiger partial charge in [-0.3, -0.25) is 4.79 Å². The van der Waals surface area contributed by atoms with Crippen LogP contribution in [-0.4, -0.2) is 47.6 Å². The van der Waals surface area contributed by atoms with Crippen molar-refractivity contribution < 1.29 is 9.53 Å². The number of aromatic amines is 1. The Morgan fingerprint density at radius 2 is 2.13 bits per heavy atom. The van der Waals surface area contributed by atoms with Gasteiger partial charge in [0, 0.05) is 54.7 Å². The van der Waals surface area contributed by atoms with E-state index in [1.165, 1.54) is 0 Å². The van der Waals surface area contributed by atoms with Crippen LogP contribution in [0.4, 0.5) is 11.5 Å². The monoisotopic (exact) mass is 492 g/mol. The number of aromatic nitrogens is 2. The summed E-state index contributed by atoms with van der Waals surface area (Å²) in [5, 5.41) is 4.27. The molecule has 0 atom stereocenters. The van der Waals surface area contributed by atoms with Gasteiger partial charge in [-0.05, 0) is 49.4 Å². The number of fused-ring (bicyclic) bond motifs is 1. The summed E-state index contributed by atoms with van der Waals surface area (Å²) in [6, 6.07) is 7.91. The molecule has 1 fully saturated rings. The van der Waals surface area contributed by atoms with Crippen molar-refractivity contribution in [1.82, 2.24) is 14.9 Å². The number of benzene rings is 1. The number of ether oxygens (including phenoxy) is 1. The maximum absolute atomic E-state index is 13.2. The van der Waals surface area contributed by atoms with E-state index in [0.717, 1.165) is 59.2 Å². The fourth-order valence-corrected chi connectivity index (χ4v) is 4.28. The van der Waals surface area contributed by atoms with Gasteiger partial charge in [0.25, 0.3) is 5.91 Å². The summed E-state index contributed by atoms with van der Waals surface area (Å²) in [4.78, 5) is 22.9. The van der Waals surface area contributed by atoms with Crippen LogP contribution in [0.3, 0.4) is 0 Å². The highest BCUT2D eigenvalue weighted by molar-refractivity contribution is 9.10. The molecule has 1 saturated heterocycles. The van der Waals surface area contributed by atoms with Crippen LogP contribution in [-0.2, 0) is 4.74 Å². The maximum atomic E-state index is 13.2. The van der Waals surface area contributed by atoms with Crippen molar-refractivity contribution in [3.05, 3.63) is 52.3 Å². The molecule has 0 spiro atoms. The summed E-state index contributed by atoms with van der Waals surface area (Å²) >= 11 is 3.49. The molecule has 0 bridgehead atoms. The molecule has 2 N–H and O–H groups in total. The lowest BCUT2D eigenvalue weighted by Gasteiger charge is -2.27. The first-order chi connectivity index (χ1) is 14.0. The molecule has 30 heavy (non-hydrogen) atoms. The Bertz CT molecular complexity index is 1030. The Kier molecular flexibility index (Phi) is 7.39. The topological polar surface area (TPSA) is 70.2 Å². The minimum absolute atomic E-state index is 0. The second-order valence-electron chi connectivity index (χ2n) is 7.62. The van der Waals surface area contributed by atoms with Crippen molar-refractivity contribution in [3.63, 3.8) is 0 Å². The van der Waals surface area contributed by atoms with E-state index in [-0.39, 0.29) is 18.3 Å². The lowest BCUT2D eigenvalue weighted by atomic mass is 9.99.